The first kappa shape index (κ1) is 15.1. The van der Waals surface area contributed by atoms with E-state index >= 15 is 0 Å². The van der Waals surface area contributed by atoms with E-state index < -0.39 is 0 Å². The van der Waals surface area contributed by atoms with Crippen molar-refractivity contribution in [3.8, 4) is 0 Å². The third-order valence-electron chi connectivity index (χ3n) is 4.25. The fraction of sp³-hybridized carbons (Fsp3) is 0.412. The Bertz CT molecular complexity index is 599. The van der Waals surface area contributed by atoms with Gasteiger partial charge in [-0.1, -0.05) is 6.92 Å². The summed E-state index contributed by atoms with van der Waals surface area (Å²) in [6.07, 6.45) is 6.61. The summed E-state index contributed by atoms with van der Waals surface area (Å²) in [5, 5.41) is 0. The van der Waals surface area contributed by atoms with Gasteiger partial charge in [-0.2, -0.15) is 0 Å². The molecule has 0 saturated carbocycles. The van der Waals surface area contributed by atoms with Crippen molar-refractivity contribution in [2.24, 2.45) is 0 Å². The topological polar surface area (TPSA) is 32.3 Å². The Kier molecular flexibility index (Phi) is 4.75. The molecular weight excluding hydrogens is 279 g/mol. The Morgan fingerprint density at radius 1 is 1.18 bits per heavy atom. The van der Waals surface area contributed by atoms with Crippen LogP contribution in [0.15, 0.2) is 43.0 Å². The zero-order chi connectivity index (χ0) is 15.4. The molecule has 0 aliphatic carbocycles. The van der Waals surface area contributed by atoms with Gasteiger partial charge in [0, 0.05) is 56.4 Å². The first-order chi connectivity index (χ1) is 10.8. The summed E-state index contributed by atoms with van der Waals surface area (Å²) < 4.78 is 13.6. The highest BCUT2D eigenvalue weighted by molar-refractivity contribution is 5.14. The Labute approximate surface area is 130 Å². The van der Waals surface area contributed by atoms with E-state index in [0.717, 1.165) is 31.7 Å². The van der Waals surface area contributed by atoms with Crippen molar-refractivity contribution < 1.29 is 4.39 Å². The van der Waals surface area contributed by atoms with Crippen LogP contribution in [-0.2, 0) is 13.1 Å². The molecule has 1 aliphatic rings. The van der Waals surface area contributed by atoms with Crippen LogP contribution in [0.2, 0.25) is 0 Å². The smallest absolute Gasteiger partial charge is 0.145 e. The van der Waals surface area contributed by atoms with Crippen LogP contribution in [0.1, 0.15) is 18.1 Å². The summed E-state index contributed by atoms with van der Waals surface area (Å²) in [6.45, 7) is 6.79. The van der Waals surface area contributed by atoms with Gasteiger partial charge in [0.2, 0.25) is 0 Å². The second-order valence-electron chi connectivity index (χ2n) is 5.73. The Hall–Kier alpha value is -1.85. The van der Waals surface area contributed by atoms with E-state index in [0.29, 0.717) is 12.6 Å². The normalized spacial score (nSPS) is 16.0. The van der Waals surface area contributed by atoms with Crippen LogP contribution >= 0.6 is 0 Å². The molecule has 2 aromatic heterocycles. The molecule has 116 valence electrons. The molecule has 3 heterocycles. The number of halogens is 1. The summed E-state index contributed by atoms with van der Waals surface area (Å²) in [4.78, 5) is 12.6. The van der Waals surface area contributed by atoms with Crippen molar-refractivity contribution in [3.05, 3.63) is 59.9 Å². The molecule has 0 aromatic carbocycles. The summed E-state index contributed by atoms with van der Waals surface area (Å²) in [7, 11) is 0. The summed E-state index contributed by atoms with van der Waals surface area (Å²) in [5.41, 5.74) is 2.01. The number of rotatable bonds is 6. The molecule has 0 radical (unpaired) electrons. The van der Waals surface area contributed by atoms with Crippen molar-refractivity contribution in [3.63, 3.8) is 0 Å². The van der Waals surface area contributed by atoms with E-state index in [4.69, 9.17) is 0 Å². The second-order valence-corrected chi connectivity index (χ2v) is 5.73. The fourth-order valence-corrected chi connectivity index (χ4v) is 2.90. The molecule has 0 unspecified atom stereocenters. The lowest BCUT2D eigenvalue weighted by Gasteiger charge is -2.45. The van der Waals surface area contributed by atoms with Crippen LogP contribution in [-0.4, -0.2) is 45.4 Å². The summed E-state index contributed by atoms with van der Waals surface area (Å²) in [5.74, 6) is -0.213. The maximum absolute atomic E-state index is 13.6. The molecule has 0 N–H and O–H groups in total. The van der Waals surface area contributed by atoms with E-state index in [9.17, 15) is 4.39 Å². The molecule has 3 rings (SSSR count). The molecule has 0 amide bonds. The summed E-state index contributed by atoms with van der Waals surface area (Å²) >= 11 is 0. The fourth-order valence-electron chi connectivity index (χ4n) is 2.90. The largest absolute Gasteiger partial charge is 0.296 e. The van der Waals surface area contributed by atoms with E-state index in [-0.39, 0.29) is 5.82 Å². The molecule has 1 fully saturated rings. The standard InChI is InChI=1S/C17H21FN4/c1-2-22(10-14-3-6-19-7-4-14)16-12-21(13-16)11-15-5-8-20-9-17(15)18/h3-9,16H,2,10-13H2,1H3. The first-order valence-corrected chi connectivity index (χ1v) is 7.70. The predicted molar refractivity (Wildman–Crippen MR) is 83.6 cm³/mol. The van der Waals surface area contributed by atoms with Crippen LogP contribution in [0.25, 0.3) is 0 Å². The van der Waals surface area contributed by atoms with Crippen LogP contribution in [0.5, 0.6) is 0 Å². The molecule has 5 heteroatoms. The third kappa shape index (κ3) is 3.48. The Morgan fingerprint density at radius 2 is 1.91 bits per heavy atom. The number of pyridine rings is 2. The zero-order valence-electron chi connectivity index (χ0n) is 12.8. The third-order valence-corrected chi connectivity index (χ3v) is 4.25. The molecule has 1 aliphatic heterocycles. The predicted octanol–water partition coefficient (Wildman–Crippen LogP) is 2.32. The lowest BCUT2D eigenvalue weighted by atomic mass is 10.0. The average Bonchev–Trinajstić information content (AvgIpc) is 2.51. The number of likely N-dealkylation sites (tertiary alicyclic amines) is 1. The van der Waals surface area contributed by atoms with Gasteiger partial charge in [-0.3, -0.25) is 19.8 Å². The van der Waals surface area contributed by atoms with E-state index in [1.807, 2.05) is 12.4 Å². The number of hydrogen-bond acceptors (Lipinski definition) is 4. The number of likely N-dealkylation sites (N-methyl/N-ethyl adjacent to an activating group) is 1. The van der Waals surface area contributed by atoms with Crippen molar-refractivity contribution in [2.75, 3.05) is 19.6 Å². The van der Waals surface area contributed by atoms with Crippen LogP contribution < -0.4 is 0 Å². The highest BCUT2D eigenvalue weighted by Crippen LogP contribution is 2.20. The second kappa shape index (κ2) is 6.94. The van der Waals surface area contributed by atoms with Crippen molar-refractivity contribution in [2.45, 2.75) is 26.1 Å². The van der Waals surface area contributed by atoms with E-state index in [1.165, 1.54) is 11.8 Å². The lowest BCUT2D eigenvalue weighted by molar-refractivity contribution is 0.0262. The minimum atomic E-state index is -0.213. The van der Waals surface area contributed by atoms with Gasteiger partial charge >= 0.3 is 0 Å². The zero-order valence-corrected chi connectivity index (χ0v) is 12.8. The molecule has 2 aromatic rings. The molecule has 4 nitrogen and oxygen atoms in total. The molecular formula is C17H21FN4. The summed E-state index contributed by atoms with van der Waals surface area (Å²) in [6, 6.07) is 6.43. The minimum Gasteiger partial charge on any atom is -0.296 e. The molecule has 1 saturated heterocycles. The maximum Gasteiger partial charge on any atom is 0.145 e. The monoisotopic (exact) mass is 300 g/mol. The maximum atomic E-state index is 13.6. The van der Waals surface area contributed by atoms with Gasteiger partial charge in [-0.05, 0) is 30.3 Å². The number of aromatic nitrogens is 2. The van der Waals surface area contributed by atoms with Gasteiger partial charge in [0.05, 0.1) is 6.20 Å². The molecule has 0 bridgehead atoms. The van der Waals surface area contributed by atoms with Crippen molar-refractivity contribution >= 4 is 0 Å². The average molecular weight is 300 g/mol. The van der Waals surface area contributed by atoms with Gasteiger partial charge in [-0.15, -0.1) is 0 Å². The highest BCUT2D eigenvalue weighted by atomic mass is 19.1. The Morgan fingerprint density at radius 3 is 2.59 bits per heavy atom. The van der Waals surface area contributed by atoms with Gasteiger partial charge in [-0.25, -0.2) is 4.39 Å². The van der Waals surface area contributed by atoms with E-state index in [2.05, 4.69) is 38.8 Å². The van der Waals surface area contributed by atoms with Crippen molar-refractivity contribution in [1.82, 2.24) is 19.8 Å². The quantitative estimate of drug-likeness (QED) is 0.819. The molecule has 0 atom stereocenters. The molecule has 0 spiro atoms. The van der Waals surface area contributed by atoms with Gasteiger partial charge in [0.25, 0.3) is 0 Å². The minimum absolute atomic E-state index is 0.213. The highest BCUT2D eigenvalue weighted by Gasteiger charge is 2.31. The number of hydrogen-bond donors (Lipinski definition) is 0. The van der Waals surface area contributed by atoms with Crippen LogP contribution in [0, 0.1) is 5.82 Å². The van der Waals surface area contributed by atoms with Gasteiger partial charge in [0.15, 0.2) is 0 Å². The number of nitrogens with zero attached hydrogens (tertiary/aromatic N) is 4. The van der Waals surface area contributed by atoms with E-state index in [1.54, 1.807) is 12.3 Å². The lowest BCUT2D eigenvalue weighted by Crippen LogP contribution is -2.58. The van der Waals surface area contributed by atoms with Crippen LogP contribution in [0.4, 0.5) is 4.39 Å². The van der Waals surface area contributed by atoms with Crippen LogP contribution in [0.3, 0.4) is 0 Å². The first-order valence-electron chi connectivity index (χ1n) is 7.70. The van der Waals surface area contributed by atoms with Gasteiger partial charge in [0.1, 0.15) is 5.82 Å². The SMILES string of the molecule is CCN(Cc1ccncc1)C1CN(Cc2ccncc2F)C1. The van der Waals surface area contributed by atoms with Gasteiger partial charge < -0.3 is 0 Å². The van der Waals surface area contributed by atoms with Crippen molar-refractivity contribution in [1.29, 1.82) is 0 Å². The molecule has 22 heavy (non-hydrogen) atoms. The Balaban J connectivity index is 1.52.